The van der Waals surface area contributed by atoms with Gasteiger partial charge in [-0.1, -0.05) is 20.3 Å². The van der Waals surface area contributed by atoms with Crippen LogP contribution in [0.2, 0.25) is 5.28 Å². The van der Waals surface area contributed by atoms with Crippen LogP contribution in [0.1, 0.15) is 20.3 Å². The fourth-order valence-corrected chi connectivity index (χ4v) is 1.17. The standard InChI is InChI=1S/C9H13ClN4O2/c1-3-6(2)4-11-8-7(14(15)16)5-12-9(10)13-8/h5-6H,3-4H2,1-2H3,(H,11,12,13). The van der Waals surface area contributed by atoms with Crippen LogP contribution in [0.15, 0.2) is 6.20 Å². The van der Waals surface area contributed by atoms with Crippen molar-refractivity contribution in [3.8, 4) is 0 Å². The molecule has 7 heteroatoms. The predicted octanol–water partition coefficient (Wildman–Crippen LogP) is 2.50. The molecular formula is C9H13ClN4O2. The summed E-state index contributed by atoms with van der Waals surface area (Å²) < 4.78 is 0. The van der Waals surface area contributed by atoms with E-state index in [0.29, 0.717) is 12.5 Å². The molecule has 1 N–H and O–H groups in total. The van der Waals surface area contributed by atoms with E-state index in [9.17, 15) is 10.1 Å². The normalized spacial score (nSPS) is 12.2. The molecule has 0 amide bonds. The Morgan fingerprint density at radius 2 is 2.38 bits per heavy atom. The maximum Gasteiger partial charge on any atom is 0.329 e. The van der Waals surface area contributed by atoms with Crippen LogP contribution in [-0.2, 0) is 0 Å². The van der Waals surface area contributed by atoms with Gasteiger partial charge in [0, 0.05) is 6.54 Å². The van der Waals surface area contributed by atoms with E-state index < -0.39 is 4.92 Å². The second-order valence-corrected chi connectivity index (χ2v) is 3.86. The summed E-state index contributed by atoms with van der Waals surface area (Å²) in [7, 11) is 0. The molecule has 0 saturated heterocycles. The van der Waals surface area contributed by atoms with E-state index in [1.54, 1.807) is 0 Å². The minimum atomic E-state index is -0.532. The number of rotatable bonds is 5. The summed E-state index contributed by atoms with van der Waals surface area (Å²) in [4.78, 5) is 17.5. The number of nitrogens with one attached hydrogen (secondary N) is 1. The zero-order valence-corrected chi connectivity index (χ0v) is 9.86. The van der Waals surface area contributed by atoms with Crippen molar-refractivity contribution in [1.29, 1.82) is 0 Å². The van der Waals surface area contributed by atoms with Gasteiger partial charge in [0.1, 0.15) is 6.20 Å². The summed E-state index contributed by atoms with van der Waals surface area (Å²) in [5.41, 5.74) is -0.160. The van der Waals surface area contributed by atoms with Crippen molar-refractivity contribution in [3.05, 3.63) is 21.6 Å². The minimum Gasteiger partial charge on any atom is -0.364 e. The number of nitro groups is 1. The van der Waals surface area contributed by atoms with Crippen molar-refractivity contribution in [2.75, 3.05) is 11.9 Å². The maximum absolute atomic E-state index is 10.7. The van der Waals surface area contributed by atoms with E-state index in [2.05, 4.69) is 15.3 Å². The Hall–Kier alpha value is -1.43. The smallest absolute Gasteiger partial charge is 0.329 e. The van der Waals surface area contributed by atoms with Crippen LogP contribution < -0.4 is 5.32 Å². The van der Waals surface area contributed by atoms with E-state index in [1.165, 1.54) is 0 Å². The molecule has 0 aliphatic rings. The van der Waals surface area contributed by atoms with Gasteiger partial charge in [-0.15, -0.1) is 0 Å². The highest BCUT2D eigenvalue weighted by molar-refractivity contribution is 6.28. The third kappa shape index (κ3) is 3.30. The van der Waals surface area contributed by atoms with Gasteiger partial charge in [-0.05, 0) is 17.5 Å². The topological polar surface area (TPSA) is 81.0 Å². The molecule has 1 aromatic heterocycles. The second-order valence-electron chi connectivity index (χ2n) is 3.52. The highest BCUT2D eigenvalue weighted by atomic mass is 35.5. The summed E-state index contributed by atoms with van der Waals surface area (Å²) in [5.74, 6) is 0.582. The van der Waals surface area contributed by atoms with Gasteiger partial charge < -0.3 is 5.32 Å². The highest BCUT2D eigenvalue weighted by Crippen LogP contribution is 2.22. The van der Waals surface area contributed by atoms with Gasteiger partial charge in [0.25, 0.3) is 0 Å². The molecule has 0 aliphatic carbocycles. The summed E-state index contributed by atoms with van der Waals surface area (Å²) in [6.45, 7) is 4.71. The average molecular weight is 245 g/mol. The van der Waals surface area contributed by atoms with Crippen LogP contribution in [0.4, 0.5) is 11.5 Å². The Kier molecular flexibility index (Phi) is 4.42. The molecule has 1 aromatic rings. The molecule has 0 spiro atoms. The number of anilines is 1. The Morgan fingerprint density at radius 1 is 1.69 bits per heavy atom. The zero-order chi connectivity index (χ0) is 12.1. The minimum absolute atomic E-state index is 0.00254. The van der Waals surface area contributed by atoms with E-state index in [0.717, 1.165) is 12.6 Å². The number of nitrogens with zero attached hydrogens (tertiary/aromatic N) is 3. The molecule has 6 nitrogen and oxygen atoms in total. The molecule has 0 aliphatic heterocycles. The van der Waals surface area contributed by atoms with Crippen LogP contribution in [0, 0.1) is 16.0 Å². The summed E-state index contributed by atoms with van der Waals surface area (Å²) in [5, 5.41) is 13.6. The van der Waals surface area contributed by atoms with Crippen molar-refractivity contribution in [3.63, 3.8) is 0 Å². The van der Waals surface area contributed by atoms with Crippen molar-refractivity contribution in [1.82, 2.24) is 9.97 Å². The third-order valence-corrected chi connectivity index (χ3v) is 2.43. The predicted molar refractivity (Wildman–Crippen MR) is 61.6 cm³/mol. The summed E-state index contributed by atoms with van der Waals surface area (Å²) in [6.07, 6.45) is 2.09. The molecular weight excluding hydrogens is 232 g/mol. The molecule has 1 unspecified atom stereocenters. The van der Waals surface area contributed by atoms with Crippen molar-refractivity contribution < 1.29 is 4.92 Å². The number of halogens is 1. The largest absolute Gasteiger partial charge is 0.364 e. The Morgan fingerprint density at radius 3 is 2.94 bits per heavy atom. The van der Waals surface area contributed by atoms with Crippen LogP contribution in [0.25, 0.3) is 0 Å². The van der Waals surface area contributed by atoms with Crippen LogP contribution in [0.5, 0.6) is 0 Å². The number of aromatic nitrogens is 2. The summed E-state index contributed by atoms with van der Waals surface area (Å²) in [6, 6.07) is 0. The number of hydrogen-bond donors (Lipinski definition) is 1. The lowest BCUT2D eigenvalue weighted by Crippen LogP contribution is -2.13. The Bertz CT molecular complexity index is 386. The van der Waals surface area contributed by atoms with E-state index in [4.69, 9.17) is 11.6 Å². The van der Waals surface area contributed by atoms with Gasteiger partial charge in [-0.25, -0.2) is 4.98 Å². The van der Waals surface area contributed by atoms with Crippen molar-refractivity contribution >= 4 is 23.1 Å². The van der Waals surface area contributed by atoms with Gasteiger partial charge in [-0.3, -0.25) is 10.1 Å². The molecule has 0 aromatic carbocycles. The highest BCUT2D eigenvalue weighted by Gasteiger charge is 2.16. The first-order valence-electron chi connectivity index (χ1n) is 4.95. The van der Waals surface area contributed by atoms with Gasteiger partial charge in [-0.2, -0.15) is 4.98 Å². The fraction of sp³-hybridized carbons (Fsp3) is 0.556. The monoisotopic (exact) mass is 244 g/mol. The van der Waals surface area contributed by atoms with Crippen molar-refractivity contribution in [2.24, 2.45) is 5.92 Å². The quantitative estimate of drug-likeness (QED) is 0.489. The molecule has 0 saturated carbocycles. The third-order valence-electron chi connectivity index (χ3n) is 2.25. The van der Waals surface area contributed by atoms with E-state index in [-0.39, 0.29) is 16.8 Å². The molecule has 1 rings (SSSR count). The molecule has 1 heterocycles. The van der Waals surface area contributed by atoms with Gasteiger partial charge >= 0.3 is 5.69 Å². The molecule has 16 heavy (non-hydrogen) atoms. The molecule has 0 radical (unpaired) electrons. The first kappa shape index (κ1) is 12.6. The lowest BCUT2D eigenvalue weighted by Gasteiger charge is -2.10. The van der Waals surface area contributed by atoms with Gasteiger partial charge in [0.2, 0.25) is 11.1 Å². The van der Waals surface area contributed by atoms with Crippen LogP contribution in [0.3, 0.4) is 0 Å². The van der Waals surface area contributed by atoms with Crippen molar-refractivity contribution in [2.45, 2.75) is 20.3 Å². The lowest BCUT2D eigenvalue weighted by molar-refractivity contribution is -0.384. The first-order chi connectivity index (χ1) is 7.54. The van der Waals surface area contributed by atoms with Crippen LogP contribution >= 0.6 is 11.6 Å². The summed E-state index contributed by atoms with van der Waals surface area (Å²) >= 11 is 5.59. The molecule has 88 valence electrons. The van der Waals surface area contributed by atoms with Gasteiger partial charge in [0.15, 0.2) is 0 Å². The van der Waals surface area contributed by atoms with E-state index in [1.807, 2.05) is 13.8 Å². The lowest BCUT2D eigenvalue weighted by atomic mass is 10.1. The molecule has 0 bridgehead atoms. The maximum atomic E-state index is 10.7. The van der Waals surface area contributed by atoms with E-state index >= 15 is 0 Å². The molecule has 1 atom stereocenters. The number of hydrogen-bond acceptors (Lipinski definition) is 5. The zero-order valence-electron chi connectivity index (χ0n) is 9.11. The van der Waals surface area contributed by atoms with Crippen LogP contribution in [-0.4, -0.2) is 21.4 Å². The fourth-order valence-electron chi connectivity index (χ4n) is 1.03. The average Bonchev–Trinajstić information content (AvgIpc) is 2.25. The molecule has 0 fully saturated rings. The second kappa shape index (κ2) is 5.60. The Labute approximate surface area is 98.2 Å². The van der Waals surface area contributed by atoms with Gasteiger partial charge in [0.05, 0.1) is 4.92 Å². The SMILES string of the molecule is CCC(C)CNc1nc(Cl)ncc1[N+](=O)[O-]. The first-order valence-corrected chi connectivity index (χ1v) is 5.33. The Balaban J connectivity index is 2.84.